The van der Waals surface area contributed by atoms with Gasteiger partial charge in [-0.25, -0.2) is 15.0 Å². The number of fused-ring (bicyclic) bond motifs is 9. The van der Waals surface area contributed by atoms with Gasteiger partial charge in [0.2, 0.25) is 0 Å². The van der Waals surface area contributed by atoms with E-state index < -0.39 is 0 Å². The Balaban J connectivity index is 1.08. The van der Waals surface area contributed by atoms with Crippen LogP contribution in [0.3, 0.4) is 0 Å². The van der Waals surface area contributed by atoms with E-state index >= 15 is 0 Å². The first-order valence-corrected chi connectivity index (χ1v) is 17.3. The lowest BCUT2D eigenvalue weighted by Gasteiger charge is -2.10. The predicted molar refractivity (Wildman–Crippen MR) is 211 cm³/mol. The topological polar surface area (TPSA) is 65.0 Å². The summed E-state index contributed by atoms with van der Waals surface area (Å²) in [4.78, 5) is 15.3. The van der Waals surface area contributed by atoms with Crippen molar-refractivity contribution in [1.82, 2.24) is 15.0 Å². The van der Waals surface area contributed by atoms with Gasteiger partial charge in [0.25, 0.3) is 0 Å². The molecule has 0 aliphatic carbocycles. The van der Waals surface area contributed by atoms with E-state index in [1.54, 1.807) is 0 Å². The Bertz CT molecular complexity index is 3190. The highest BCUT2D eigenvalue weighted by Gasteiger charge is 2.19. The van der Waals surface area contributed by atoms with Crippen molar-refractivity contribution in [2.45, 2.75) is 0 Å². The number of hydrogen-bond acceptors (Lipinski definition) is 5. The molecule has 52 heavy (non-hydrogen) atoms. The summed E-state index contributed by atoms with van der Waals surface area (Å²) in [6, 6.07) is 56.4. The second kappa shape index (κ2) is 11.2. The van der Waals surface area contributed by atoms with Gasteiger partial charge in [-0.2, -0.15) is 0 Å². The smallest absolute Gasteiger partial charge is 0.164 e. The summed E-state index contributed by atoms with van der Waals surface area (Å²) in [6.07, 6.45) is 0. The van der Waals surface area contributed by atoms with Crippen LogP contribution in [-0.2, 0) is 0 Å². The van der Waals surface area contributed by atoms with E-state index in [4.69, 9.17) is 23.8 Å². The van der Waals surface area contributed by atoms with Gasteiger partial charge in [-0.15, -0.1) is 0 Å². The average Bonchev–Trinajstić information content (AvgIpc) is 3.79. The Morgan fingerprint density at radius 1 is 0.308 bits per heavy atom. The quantitative estimate of drug-likeness (QED) is 0.187. The molecule has 0 saturated heterocycles. The Morgan fingerprint density at radius 3 is 1.85 bits per heavy atom. The molecule has 0 radical (unpaired) electrons. The highest BCUT2D eigenvalue weighted by atomic mass is 16.3. The maximum atomic E-state index is 6.52. The Labute approximate surface area is 297 Å². The molecule has 0 saturated carbocycles. The van der Waals surface area contributed by atoms with Crippen molar-refractivity contribution < 1.29 is 8.83 Å². The number of hydrogen-bond donors (Lipinski definition) is 0. The second-order valence-electron chi connectivity index (χ2n) is 13.2. The highest BCUT2D eigenvalue weighted by molar-refractivity contribution is 6.19. The molecular formula is C47H27N3O2. The first-order valence-electron chi connectivity index (χ1n) is 17.3. The van der Waals surface area contributed by atoms with Gasteiger partial charge in [0.1, 0.15) is 22.3 Å². The minimum absolute atomic E-state index is 0.590. The lowest BCUT2D eigenvalue weighted by atomic mass is 9.99. The standard InChI is InChI=1S/C47H27N3O2/c1-2-10-29(11-3-1)45-48-46(34-20-22-35-33(26-34)21-24-41-43(35)36-13-6-7-15-39(36)51-41)50-47(49-45)38-14-8-16-40-44(38)37-23-19-32(27-42(37)52-40)31-18-17-28-9-4-5-12-30(28)25-31/h1-27H. The van der Waals surface area contributed by atoms with Gasteiger partial charge >= 0.3 is 0 Å². The second-order valence-corrected chi connectivity index (χ2v) is 13.2. The molecule has 0 N–H and O–H groups in total. The lowest BCUT2D eigenvalue weighted by Crippen LogP contribution is -2.00. The van der Waals surface area contributed by atoms with E-state index in [-0.39, 0.29) is 0 Å². The van der Waals surface area contributed by atoms with E-state index in [0.717, 1.165) is 82.5 Å². The number of nitrogens with zero attached hydrogens (tertiary/aromatic N) is 3. The van der Waals surface area contributed by atoms with Gasteiger partial charge < -0.3 is 8.83 Å². The van der Waals surface area contributed by atoms with Crippen LogP contribution in [0.15, 0.2) is 173 Å². The van der Waals surface area contributed by atoms with Gasteiger partial charge in [-0.3, -0.25) is 0 Å². The Morgan fingerprint density at radius 2 is 0.923 bits per heavy atom. The molecule has 8 aromatic carbocycles. The summed E-state index contributed by atoms with van der Waals surface area (Å²) in [5.74, 6) is 1.80. The van der Waals surface area contributed by atoms with Crippen molar-refractivity contribution in [2.75, 3.05) is 0 Å². The van der Waals surface area contributed by atoms with Crippen LogP contribution in [0.4, 0.5) is 0 Å². The number of furan rings is 2. The van der Waals surface area contributed by atoms with Crippen molar-refractivity contribution in [3.63, 3.8) is 0 Å². The summed E-state index contributed by atoms with van der Waals surface area (Å²) < 4.78 is 12.7. The first kappa shape index (κ1) is 28.7. The van der Waals surface area contributed by atoms with Gasteiger partial charge in [0.15, 0.2) is 17.5 Å². The van der Waals surface area contributed by atoms with Gasteiger partial charge in [-0.05, 0) is 75.1 Å². The third-order valence-electron chi connectivity index (χ3n) is 10.1. The predicted octanol–water partition coefficient (Wildman–Crippen LogP) is 12.6. The molecule has 5 nitrogen and oxygen atoms in total. The van der Waals surface area contributed by atoms with Crippen LogP contribution in [0.5, 0.6) is 0 Å². The van der Waals surface area contributed by atoms with E-state index in [1.807, 2.05) is 60.7 Å². The van der Waals surface area contributed by atoms with Crippen LogP contribution in [0.2, 0.25) is 0 Å². The maximum absolute atomic E-state index is 6.52. The largest absolute Gasteiger partial charge is 0.456 e. The van der Waals surface area contributed by atoms with Crippen molar-refractivity contribution in [2.24, 2.45) is 0 Å². The molecule has 3 heterocycles. The first-order chi connectivity index (χ1) is 25.7. The van der Waals surface area contributed by atoms with Gasteiger partial charge in [0.05, 0.1) is 0 Å². The summed E-state index contributed by atoms with van der Waals surface area (Å²) in [5, 5.41) is 8.86. The van der Waals surface area contributed by atoms with E-state index in [2.05, 4.69) is 103 Å². The minimum Gasteiger partial charge on any atom is -0.456 e. The van der Waals surface area contributed by atoms with Crippen molar-refractivity contribution >= 4 is 65.4 Å². The van der Waals surface area contributed by atoms with Crippen LogP contribution in [0, 0.1) is 0 Å². The molecule has 0 amide bonds. The molecule has 5 heteroatoms. The zero-order chi connectivity index (χ0) is 34.2. The Hall–Kier alpha value is -7.11. The lowest BCUT2D eigenvalue weighted by molar-refractivity contribution is 0.669. The fourth-order valence-corrected chi connectivity index (χ4v) is 7.59. The van der Waals surface area contributed by atoms with E-state index in [9.17, 15) is 0 Å². The molecule has 11 aromatic rings. The number of benzene rings is 8. The van der Waals surface area contributed by atoms with Crippen LogP contribution < -0.4 is 0 Å². The SMILES string of the molecule is c1ccc(-c2nc(-c3ccc4c(ccc5oc6ccccc6c54)c3)nc(-c3cccc4oc5cc(-c6ccc7ccccc7c6)ccc5c34)n2)cc1. The zero-order valence-electron chi connectivity index (χ0n) is 27.7. The summed E-state index contributed by atoms with van der Waals surface area (Å²) in [5.41, 5.74) is 8.33. The molecule has 0 aliphatic heterocycles. The maximum Gasteiger partial charge on any atom is 0.164 e. The third-order valence-corrected chi connectivity index (χ3v) is 10.1. The van der Waals surface area contributed by atoms with E-state index in [1.165, 1.54) is 10.8 Å². The molecule has 0 spiro atoms. The van der Waals surface area contributed by atoms with Crippen LogP contribution >= 0.6 is 0 Å². The Kier molecular flexibility index (Phi) is 6.18. The molecule has 3 aromatic heterocycles. The molecular weight excluding hydrogens is 639 g/mol. The van der Waals surface area contributed by atoms with Gasteiger partial charge in [-0.1, -0.05) is 121 Å². The minimum atomic E-state index is 0.590. The van der Waals surface area contributed by atoms with Crippen LogP contribution in [0.25, 0.3) is 111 Å². The molecule has 0 bridgehead atoms. The summed E-state index contributed by atoms with van der Waals surface area (Å²) in [7, 11) is 0. The third kappa shape index (κ3) is 4.53. The van der Waals surface area contributed by atoms with E-state index in [0.29, 0.717) is 17.5 Å². The molecule has 0 fully saturated rings. The van der Waals surface area contributed by atoms with Crippen LogP contribution in [-0.4, -0.2) is 15.0 Å². The van der Waals surface area contributed by atoms with Crippen molar-refractivity contribution in [3.05, 3.63) is 164 Å². The molecule has 0 unspecified atom stereocenters. The molecule has 11 rings (SSSR count). The monoisotopic (exact) mass is 665 g/mol. The fraction of sp³-hybridized carbons (Fsp3) is 0. The van der Waals surface area contributed by atoms with Crippen molar-refractivity contribution in [1.29, 1.82) is 0 Å². The molecule has 0 aliphatic rings. The zero-order valence-corrected chi connectivity index (χ0v) is 27.7. The normalized spacial score (nSPS) is 11.8. The number of para-hydroxylation sites is 1. The molecule has 0 atom stereocenters. The highest BCUT2D eigenvalue weighted by Crippen LogP contribution is 2.40. The van der Waals surface area contributed by atoms with Crippen LogP contribution in [0.1, 0.15) is 0 Å². The fourth-order valence-electron chi connectivity index (χ4n) is 7.59. The number of rotatable bonds is 4. The molecule has 242 valence electrons. The summed E-state index contributed by atoms with van der Waals surface area (Å²) >= 11 is 0. The van der Waals surface area contributed by atoms with Gasteiger partial charge in [0, 0.05) is 38.2 Å². The average molecular weight is 666 g/mol. The number of aromatic nitrogens is 3. The summed E-state index contributed by atoms with van der Waals surface area (Å²) in [6.45, 7) is 0. The van der Waals surface area contributed by atoms with Crippen molar-refractivity contribution in [3.8, 4) is 45.3 Å².